The lowest BCUT2D eigenvalue weighted by molar-refractivity contribution is 0.0523. The molecule has 0 saturated heterocycles. The first-order valence-corrected chi connectivity index (χ1v) is 7.08. The summed E-state index contributed by atoms with van der Waals surface area (Å²) in [7, 11) is 0. The van der Waals surface area contributed by atoms with Crippen molar-refractivity contribution in [2.75, 3.05) is 6.61 Å². The molecule has 0 amide bonds. The summed E-state index contributed by atoms with van der Waals surface area (Å²) in [6, 6.07) is 12.4. The molecular formula is C18H18O4. The summed E-state index contributed by atoms with van der Waals surface area (Å²) in [4.78, 5) is 22.6. The fourth-order valence-electron chi connectivity index (χ4n) is 2.05. The average molecular weight is 298 g/mol. The molecule has 0 N–H and O–H groups in total. The molecule has 0 atom stereocenters. The smallest absolute Gasteiger partial charge is 0.338 e. The largest absolute Gasteiger partial charge is 0.489 e. The normalized spacial score (nSPS) is 10.1. The van der Waals surface area contributed by atoms with Crippen molar-refractivity contribution >= 4 is 12.3 Å². The van der Waals surface area contributed by atoms with Gasteiger partial charge in [0.2, 0.25) is 0 Å². The summed E-state index contributed by atoms with van der Waals surface area (Å²) < 4.78 is 10.7. The molecule has 4 nitrogen and oxygen atoms in total. The van der Waals surface area contributed by atoms with Gasteiger partial charge in [-0.15, -0.1) is 0 Å². The van der Waals surface area contributed by atoms with E-state index in [1.165, 1.54) is 0 Å². The maximum absolute atomic E-state index is 12.0. The molecule has 0 aliphatic carbocycles. The predicted molar refractivity (Wildman–Crippen MR) is 83.3 cm³/mol. The molecule has 0 fully saturated rings. The topological polar surface area (TPSA) is 52.6 Å². The molecule has 2 aromatic rings. The first kappa shape index (κ1) is 15.8. The van der Waals surface area contributed by atoms with E-state index in [0.29, 0.717) is 23.5 Å². The van der Waals surface area contributed by atoms with Gasteiger partial charge in [-0.05, 0) is 44.2 Å². The zero-order valence-electron chi connectivity index (χ0n) is 12.7. The monoisotopic (exact) mass is 298 g/mol. The molecule has 2 rings (SSSR count). The molecule has 0 heterocycles. The van der Waals surface area contributed by atoms with E-state index in [1.54, 1.807) is 37.3 Å². The van der Waals surface area contributed by atoms with Crippen LogP contribution in [0.15, 0.2) is 42.5 Å². The Labute approximate surface area is 129 Å². The van der Waals surface area contributed by atoms with Gasteiger partial charge in [0.25, 0.3) is 0 Å². The summed E-state index contributed by atoms with van der Waals surface area (Å²) in [6.45, 7) is 4.32. The van der Waals surface area contributed by atoms with Gasteiger partial charge < -0.3 is 9.47 Å². The molecule has 22 heavy (non-hydrogen) atoms. The minimum Gasteiger partial charge on any atom is -0.489 e. The van der Waals surface area contributed by atoms with E-state index in [1.807, 2.05) is 19.1 Å². The number of rotatable bonds is 6. The molecule has 0 unspecified atom stereocenters. The fraction of sp³-hybridized carbons (Fsp3) is 0.222. The highest BCUT2D eigenvalue weighted by Gasteiger charge is 2.13. The van der Waals surface area contributed by atoms with Gasteiger partial charge in [-0.1, -0.05) is 17.7 Å². The van der Waals surface area contributed by atoms with Gasteiger partial charge in [0.1, 0.15) is 18.6 Å². The highest BCUT2D eigenvalue weighted by atomic mass is 16.5. The van der Waals surface area contributed by atoms with E-state index in [9.17, 15) is 9.59 Å². The number of hydrogen-bond donors (Lipinski definition) is 0. The molecule has 2 aromatic carbocycles. The Morgan fingerprint density at radius 1 is 1.14 bits per heavy atom. The summed E-state index contributed by atoms with van der Waals surface area (Å²) >= 11 is 0. The van der Waals surface area contributed by atoms with Gasteiger partial charge >= 0.3 is 5.97 Å². The van der Waals surface area contributed by atoms with Crippen LogP contribution >= 0.6 is 0 Å². The third-order valence-corrected chi connectivity index (χ3v) is 3.17. The molecule has 4 heteroatoms. The second kappa shape index (κ2) is 7.41. The van der Waals surface area contributed by atoms with Crippen molar-refractivity contribution in [3.8, 4) is 5.75 Å². The number of carbonyl (C=O) groups excluding carboxylic acids is 2. The number of aldehydes is 1. The zero-order chi connectivity index (χ0) is 15.9. The molecule has 0 aliphatic rings. The molecule has 0 bridgehead atoms. The number of carbonyl (C=O) groups is 2. The Kier molecular flexibility index (Phi) is 5.31. The van der Waals surface area contributed by atoms with Crippen molar-refractivity contribution in [3.63, 3.8) is 0 Å². The first-order chi connectivity index (χ1) is 10.6. The van der Waals surface area contributed by atoms with Crippen molar-refractivity contribution in [2.45, 2.75) is 20.5 Å². The maximum Gasteiger partial charge on any atom is 0.338 e. The summed E-state index contributed by atoms with van der Waals surface area (Å²) in [5.41, 5.74) is 2.92. The van der Waals surface area contributed by atoms with Crippen LogP contribution < -0.4 is 4.74 Å². The highest BCUT2D eigenvalue weighted by molar-refractivity contribution is 5.91. The van der Waals surface area contributed by atoms with Crippen molar-refractivity contribution in [3.05, 3.63) is 64.7 Å². The van der Waals surface area contributed by atoms with Crippen molar-refractivity contribution in [1.82, 2.24) is 0 Å². The Hall–Kier alpha value is -2.62. The lowest BCUT2D eigenvalue weighted by Crippen LogP contribution is -2.10. The molecule has 0 spiro atoms. The number of ether oxygens (including phenoxy) is 2. The van der Waals surface area contributed by atoms with E-state index < -0.39 is 0 Å². The van der Waals surface area contributed by atoms with Crippen molar-refractivity contribution in [2.24, 2.45) is 0 Å². The zero-order valence-corrected chi connectivity index (χ0v) is 12.7. The van der Waals surface area contributed by atoms with Gasteiger partial charge in [0.15, 0.2) is 0 Å². The number of aryl methyl sites for hydroxylation is 1. The van der Waals surface area contributed by atoms with Gasteiger partial charge in [-0.25, -0.2) is 4.79 Å². The van der Waals surface area contributed by atoms with Crippen LogP contribution in [0.4, 0.5) is 0 Å². The van der Waals surface area contributed by atoms with Crippen LogP contribution in [0, 0.1) is 6.92 Å². The number of benzene rings is 2. The molecule has 114 valence electrons. The number of hydrogen-bond acceptors (Lipinski definition) is 4. The third kappa shape index (κ3) is 3.95. The average Bonchev–Trinajstić information content (AvgIpc) is 2.53. The Bertz CT molecular complexity index is 659. The fourth-order valence-corrected chi connectivity index (χ4v) is 2.05. The lowest BCUT2D eigenvalue weighted by Gasteiger charge is -2.11. The van der Waals surface area contributed by atoms with Crippen LogP contribution in [0.3, 0.4) is 0 Å². The third-order valence-electron chi connectivity index (χ3n) is 3.17. The molecule has 0 radical (unpaired) electrons. The van der Waals surface area contributed by atoms with Crippen LogP contribution in [0.5, 0.6) is 5.75 Å². The lowest BCUT2D eigenvalue weighted by atomic mass is 10.1. The molecule has 0 aromatic heterocycles. The maximum atomic E-state index is 12.0. The number of esters is 1. The second-order valence-electron chi connectivity index (χ2n) is 4.86. The van der Waals surface area contributed by atoms with E-state index in [0.717, 1.165) is 17.4 Å². The molecule has 0 saturated carbocycles. The highest BCUT2D eigenvalue weighted by Crippen LogP contribution is 2.18. The van der Waals surface area contributed by atoms with Crippen LogP contribution in [0.1, 0.15) is 38.8 Å². The van der Waals surface area contributed by atoms with E-state index >= 15 is 0 Å². The molecular weight excluding hydrogens is 280 g/mol. The van der Waals surface area contributed by atoms with Crippen molar-refractivity contribution < 1.29 is 19.1 Å². The minimum absolute atomic E-state index is 0.260. The minimum atomic E-state index is -0.350. The summed E-state index contributed by atoms with van der Waals surface area (Å²) in [5, 5.41) is 0. The van der Waals surface area contributed by atoms with E-state index in [4.69, 9.17) is 9.47 Å². The summed E-state index contributed by atoms with van der Waals surface area (Å²) in [6.07, 6.45) is 0.781. The van der Waals surface area contributed by atoms with Crippen molar-refractivity contribution in [1.29, 1.82) is 0 Å². The van der Waals surface area contributed by atoms with Crippen LogP contribution in [-0.4, -0.2) is 18.9 Å². The molecule has 0 aliphatic heterocycles. The second-order valence-corrected chi connectivity index (χ2v) is 4.86. The van der Waals surface area contributed by atoms with Crippen LogP contribution in [-0.2, 0) is 11.3 Å². The van der Waals surface area contributed by atoms with E-state index in [-0.39, 0.29) is 12.6 Å². The quantitative estimate of drug-likeness (QED) is 0.604. The standard InChI is InChI=1S/C18H18O4/c1-3-21-18(20)17-9-4-13(2)10-15(17)12-22-16-7-5-14(11-19)6-8-16/h4-11H,3,12H2,1-2H3. The van der Waals surface area contributed by atoms with Crippen LogP contribution in [0.2, 0.25) is 0 Å². The Balaban J connectivity index is 2.15. The SMILES string of the molecule is CCOC(=O)c1ccc(C)cc1COc1ccc(C=O)cc1. The van der Waals surface area contributed by atoms with Gasteiger partial charge in [0, 0.05) is 11.1 Å². The Morgan fingerprint density at radius 2 is 1.86 bits per heavy atom. The van der Waals surface area contributed by atoms with Gasteiger partial charge in [-0.2, -0.15) is 0 Å². The predicted octanol–water partition coefficient (Wildman–Crippen LogP) is 3.56. The van der Waals surface area contributed by atoms with Gasteiger partial charge in [0.05, 0.1) is 12.2 Å². The first-order valence-electron chi connectivity index (χ1n) is 7.08. The van der Waals surface area contributed by atoms with Gasteiger partial charge in [-0.3, -0.25) is 4.79 Å². The van der Waals surface area contributed by atoms with Crippen LogP contribution in [0.25, 0.3) is 0 Å². The summed E-state index contributed by atoms with van der Waals surface area (Å²) in [5.74, 6) is 0.291. The Morgan fingerprint density at radius 3 is 2.50 bits per heavy atom. The van der Waals surface area contributed by atoms with E-state index in [2.05, 4.69) is 0 Å².